The predicted octanol–water partition coefficient (Wildman–Crippen LogP) is 3.96. The van der Waals surface area contributed by atoms with Crippen molar-refractivity contribution in [1.82, 2.24) is 9.80 Å². The Morgan fingerprint density at radius 3 is 2.35 bits per heavy atom. The van der Waals surface area contributed by atoms with Gasteiger partial charge in [0, 0.05) is 18.7 Å². The van der Waals surface area contributed by atoms with Crippen LogP contribution in [-0.2, 0) is 16.2 Å². The average Bonchev–Trinajstić information content (AvgIpc) is 3.16. The maximum absolute atomic E-state index is 13.2. The quantitative estimate of drug-likeness (QED) is 0.260. The minimum Gasteiger partial charge on any atom is -0.507 e. The summed E-state index contributed by atoms with van der Waals surface area (Å²) in [5, 5.41) is 21.3. The van der Waals surface area contributed by atoms with Crippen molar-refractivity contribution in [1.29, 1.82) is 0 Å². The number of amides is 1. The molecule has 1 atom stereocenters. The minimum atomic E-state index is -0.844. The lowest BCUT2D eigenvalue weighted by Crippen LogP contribution is -2.35. The van der Waals surface area contributed by atoms with Crippen molar-refractivity contribution in [2.75, 3.05) is 34.3 Å². The van der Waals surface area contributed by atoms with E-state index in [4.69, 9.17) is 9.47 Å². The number of methoxy groups -OCH3 is 1. The zero-order valence-electron chi connectivity index (χ0n) is 21.0. The van der Waals surface area contributed by atoms with Crippen LogP contribution in [-0.4, -0.2) is 66.0 Å². The number of hydrogen-bond acceptors (Lipinski definition) is 7. The van der Waals surface area contributed by atoms with Gasteiger partial charge < -0.3 is 29.5 Å². The molecular weight excluding hydrogens is 472 g/mol. The van der Waals surface area contributed by atoms with Gasteiger partial charge in [-0.25, -0.2) is 0 Å². The Bertz CT molecular complexity index is 1300. The highest BCUT2D eigenvalue weighted by Gasteiger charge is 2.46. The number of carbonyl (C=O) groups is 2. The summed E-state index contributed by atoms with van der Waals surface area (Å²) in [6, 6.07) is 20.2. The number of nitrogens with zero attached hydrogens (tertiary/aromatic N) is 2. The van der Waals surface area contributed by atoms with Gasteiger partial charge in [0.15, 0.2) is 11.5 Å². The highest BCUT2D eigenvalue weighted by molar-refractivity contribution is 6.46. The van der Waals surface area contributed by atoms with Crippen LogP contribution in [0.3, 0.4) is 0 Å². The molecule has 1 aliphatic heterocycles. The first-order valence-corrected chi connectivity index (χ1v) is 11.9. The Kier molecular flexibility index (Phi) is 7.79. The van der Waals surface area contributed by atoms with Gasteiger partial charge in [-0.1, -0.05) is 36.4 Å². The van der Waals surface area contributed by atoms with Crippen LogP contribution in [0.15, 0.2) is 78.4 Å². The van der Waals surface area contributed by atoms with Crippen LogP contribution >= 0.6 is 0 Å². The first-order chi connectivity index (χ1) is 17.8. The van der Waals surface area contributed by atoms with Gasteiger partial charge in [-0.2, -0.15) is 0 Å². The van der Waals surface area contributed by atoms with Gasteiger partial charge in [-0.05, 0) is 61.6 Å². The van der Waals surface area contributed by atoms with E-state index in [1.54, 1.807) is 36.4 Å². The average molecular weight is 503 g/mol. The van der Waals surface area contributed by atoms with E-state index < -0.39 is 17.7 Å². The molecule has 192 valence electrons. The standard InChI is InChI=1S/C29H30N2O6/c1-30(2)15-16-31-26(21-11-14-23(32)24(17-21)36-3)25(28(34)29(31)35)27(33)20-9-12-22(13-10-20)37-18-19-7-5-4-6-8-19/h4-14,17,26,32-33H,15-16,18H2,1-3H3/t26-/m1/s1. The van der Waals surface area contributed by atoms with Crippen LogP contribution in [0.25, 0.3) is 5.76 Å². The maximum Gasteiger partial charge on any atom is 0.295 e. The molecule has 0 saturated carbocycles. The second-order valence-electron chi connectivity index (χ2n) is 9.03. The van der Waals surface area contributed by atoms with Crippen molar-refractivity contribution < 1.29 is 29.3 Å². The molecule has 8 nitrogen and oxygen atoms in total. The van der Waals surface area contributed by atoms with E-state index >= 15 is 0 Å². The van der Waals surface area contributed by atoms with Crippen LogP contribution in [0.1, 0.15) is 22.7 Å². The van der Waals surface area contributed by atoms with Crippen LogP contribution in [0.5, 0.6) is 17.2 Å². The molecule has 1 amide bonds. The largest absolute Gasteiger partial charge is 0.507 e. The van der Waals surface area contributed by atoms with Crippen molar-refractivity contribution in [3.05, 3.63) is 95.1 Å². The molecule has 1 aliphatic rings. The van der Waals surface area contributed by atoms with E-state index in [2.05, 4.69) is 0 Å². The number of likely N-dealkylation sites (N-methyl/N-ethyl adjacent to an activating group) is 1. The molecule has 4 rings (SSSR count). The highest BCUT2D eigenvalue weighted by Crippen LogP contribution is 2.41. The number of phenolic OH excluding ortho intramolecular Hbond substituents is 1. The molecule has 0 bridgehead atoms. The summed E-state index contributed by atoms with van der Waals surface area (Å²) >= 11 is 0. The molecule has 3 aromatic carbocycles. The minimum absolute atomic E-state index is 0.0190. The molecule has 0 aromatic heterocycles. The van der Waals surface area contributed by atoms with E-state index in [9.17, 15) is 19.8 Å². The fraction of sp³-hybridized carbons (Fsp3) is 0.241. The fourth-order valence-corrected chi connectivity index (χ4v) is 4.23. The predicted molar refractivity (Wildman–Crippen MR) is 139 cm³/mol. The lowest BCUT2D eigenvalue weighted by Gasteiger charge is -2.27. The van der Waals surface area contributed by atoms with Gasteiger partial charge in [-0.15, -0.1) is 0 Å². The van der Waals surface area contributed by atoms with E-state index in [0.29, 0.717) is 30.0 Å². The van der Waals surface area contributed by atoms with Crippen molar-refractivity contribution in [2.45, 2.75) is 12.6 Å². The zero-order valence-corrected chi connectivity index (χ0v) is 21.0. The van der Waals surface area contributed by atoms with Crippen LogP contribution < -0.4 is 9.47 Å². The second kappa shape index (κ2) is 11.2. The number of ether oxygens (including phenoxy) is 2. The molecule has 1 saturated heterocycles. The molecular formula is C29H30N2O6. The van der Waals surface area contributed by atoms with Crippen LogP contribution in [0.4, 0.5) is 0 Å². The molecule has 1 fully saturated rings. The van der Waals surface area contributed by atoms with Gasteiger partial charge in [0.2, 0.25) is 0 Å². The van der Waals surface area contributed by atoms with Crippen molar-refractivity contribution in [3.8, 4) is 17.2 Å². The van der Waals surface area contributed by atoms with Crippen molar-refractivity contribution in [3.63, 3.8) is 0 Å². The smallest absolute Gasteiger partial charge is 0.295 e. The fourth-order valence-electron chi connectivity index (χ4n) is 4.23. The van der Waals surface area contributed by atoms with E-state index in [-0.39, 0.29) is 29.4 Å². The van der Waals surface area contributed by atoms with Gasteiger partial charge in [0.1, 0.15) is 18.1 Å². The van der Waals surface area contributed by atoms with Gasteiger partial charge in [0.25, 0.3) is 11.7 Å². The highest BCUT2D eigenvalue weighted by atomic mass is 16.5. The molecule has 37 heavy (non-hydrogen) atoms. The number of likely N-dealkylation sites (tertiary alicyclic amines) is 1. The summed E-state index contributed by atoms with van der Waals surface area (Å²) < 4.78 is 11.1. The van der Waals surface area contributed by atoms with E-state index in [0.717, 1.165) is 5.56 Å². The number of hydrogen-bond donors (Lipinski definition) is 2. The summed E-state index contributed by atoms with van der Waals surface area (Å²) in [4.78, 5) is 29.6. The van der Waals surface area contributed by atoms with E-state index in [1.165, 1.54) is 18.1 Å². The number of phenols is 1. The first-order valence-electron chi connectivity index (χ1n) is 11.9. The topological polar surface area (TPSA) is 99.5 Å². The Labute approximate surface area is 216 Å². The number of aliphatic hydroxyl groups is 1. The Hall–Kier alpha value is -4.30. The lowest BCUT2D eigenvalue weighted by atomic mass is 9.95. The third-order valence-corrected chi connectivity index (χ3v) is 6.22. The van der Waals surface area contributed by atoms with E-state index in [1.807, 2.05) is 49.3 Å². The number of benzene rings is 3. The molecule has 0 spiro atoms. The number of carbonyl (C=O) groups excluding carboxylic acids is 2. The normalized spacial score (nSPS) is 16.9. The molecule has 0 unspecified atom stereocenters. The first kappa shape index (κ1) is 25.8. The van der Waals surface area contributed by atoms with Crippen molar-refractivity contribution in [2.24, 2.45) is 0 Å². The summed E-state index contributed by atoms with van der Waals surface area (Å²) in [7, 11) is 5.16. The summed E-state index contributed by atoms with van der Waals surface area (Å²) in [5.41, 5.74) is 1.93. The Morgan fingerprint density at radius 2 is 1.70 bits per heavy atom. The summed E-state index contributed by atoms with van der Waals surface area (Å²) in [6.07, 6.45) is 0. The summed E-state index contributed by atoms with van der Waals surface area (Å²) in [6.45, 7) is 1.19. The molecule has 1 heterocycles. The van der Waals surface area contributed by atoms with Gasteiger partial charge >= 0.3 is 0 Å². The lowest BCUT2D eigenvalue weighted by molar-refractivity contribution is -0.140. The van der Waals surface area contributed by atoms with Crippen LogP contribution in [0.2, 0.25) is 0 Å². The van der Waals surface area contributed by atoms with Crippen molar-refractivity contribution >= 4 is 17.4 Å². The third-order valence-electron chi connectivity index (χ3n) is 6.22. The third kappa shape index (κ3) is 5.59. The zero-order chi connectivity index (χ0) is 26.5. The number of Topliss-reactive ketones (excluding diaryl/α,β-unsaturated/α-hetero) is 1. The SMILES string of the molecule is COc1cc([C@@H]2C(=C(O)c3ccc(OCc4ccccc4)cc3)C(=O)C(=O)N2CCN(C)C)ccc1O. The number of ketones is 1. The Morgan fingerprint density at radius 1 is 1.00 bits per heavy atom. The molecule has 3 aromatic rings. The number of aromatic hydroxyl groups is 1. The molecule has 8 heteroatoms. The number of rotatable bonds is 9. The monoisotopic (exact) mass is 502 g/mol. The van der Waals surface area contributed by atoms with Crippen LogP contribution in [0, 0.1) is 0 Å². The number of aliphatic hydroxyl groups excluding tert-OH is 1. The second-order valence-corrected chi connectivity index (χ2v) is 9.03. The molecule has 2 N–H and O–H groups in total. The Balaban J connectivity index is 1.69. The maximum atomic E-state index is 13.2. The summed E-state index contributed by atoms with van der Waals surface area (Å²) in [5.74, 6) is -0.997. The molecule has 0 radical (unpaired) electrons. The molecule has 0 aliphatic carbocycles. The van der Waals surface area contributed by atoms with Gasteiger partial charge in [0.05, 0.1) is 18.7 Å². The van der Waals surface area contributed by atoms with Gasteiger partial charge in [-0.3, -0.25) is 9.59 Å².